The highest BCUT2D eigenvalue weighted by Gasteiger charge is 2.12. The molecule has 0 aliphatic carbocycles. The van der Waals surface area contributed by atoms with E-state index in [1.54, 1.807) is 35.1 Å². The van der Waals surface area contributed by atoms with Crippen molar-refractivity contribution < 1.29 is 9.90 Å². The van der Waals surface area contributed by atoms with Crippen molar-refractivity contribution >= 4 is 11.6 Å². The highest BCUT2D eigenvalue weighted by atomic mass is 16.4. The van der Waals surface area contributed by atoms with Gasteiger partial charge in [-0.3, -0.25) is 14.3 Å². The lowest BCUT2D eigenvalue weighted by Crippen LogP contribution is -2.32. The predicted octanol–water partition coefficient (Wildman–Crippen LogP) is -0.128. The Labute approximate surface area is 110 Å². The summed E-state index contributed by atoms with van der Waals surface area (Å²) in [6, 6.07) is 3.21. The van der Waals surface area contributed by atoms with Gasteiger partial charge in [-0.25, -0.2) is 14.6 Å². The van der Waals surface area contributed by atoms with Crippen molar-refractivity contribution in [2.24, 2.45) is 0 Å². The van der Waals surface area contributed by atoms with Gasteiger partial charge >= 0.3 is 11.7 Å². The van der Waals surface area contributed by atoms with Gasteiger partial charge in [0, 0.05) is 30.9 Å². The summed E-state index contributed by atoms with van der Waals surface area (Å²) in [4.78, 5) is 40.1. The van der Waals surface area contributed by atoms with Crippen molar-refractivity contribution in [1.29, 1.82) is 0 Å². The number of aromatic carboxylic acids is 1. The highest BCUT2D eigenvalue weighted by Crippen LogP contribution is 2.08. The van der Waals surface area contributed by atoms with E-state index in [0.29, 0.717) is 11.3 Å². The molecule has 0 saturated heterocycles. The molecule has 0 aromatic carbocycles. The fourth-order valence-corrected chi connectivity index (χ4v) is 1.86. The first-order chi connectivity index (χ1) is 9.56. The normalized spacial score (nSPS) is 10.8. The van der Waals surface area contributed by atoms with E-state index in [-0.39, 0.29) is 0 Å². The quantitative estimate of drug-likeness (QED) is 0.675. The number of nitrogens with one attached hydrogen (secondary N) is 1. The minimum Gasteiger partial charge on any atom is -0.477 e. The van der Waals surface area contributed by atoms with E-state index in [0.717, 1.165) is 10.8 Å². The lowest BCUT2D eigenvalue weighted by Gasteiger charge is -2.06. The van der Waals surface area contributed by atoms with E-state index in [1.165, 1.54) is 0 Å². The number of carbonyl (C=O) groups is 1. The Bertz CT molecular complexity index is 934. The number of aromatic nitrogens is 4. The molecule has 0 atom stereocenters. The number of carboxylic acids is 1. The van der Waals surface area contributed by atoms with Gasteiger partial charge in [-0.2, -0.15) is 0 Å². The van der Waals surface area contributed by atoms with Crippen LogP contribution in [0.1, 0.15) is 10.4 Å². The minimum absolute atomic E-state index is 0.410. The summed E-state index contributed by atoms with van der Waals surface area (Å²) >= 11 is 0. The van der Waals surface area contributed by atoms with Crippen molar-refractivity contribution in [3.05, 3.63) is 63.3 Å². The number of H-pyrrole nitrogens is 1. The number of hydrogen-bond donors (Lipinski definition) is 2. The molecule has 3 rings (SSSR count). The van der Waals surface area contributed by atoms with Crippen LogP contribution < -0.4 is 11.2 Å². The molecule has 2 N–H and O–H groups in total. The Morgan fingerprint density at radius 2 is 2.10 bits per heavy atom. The number of hydrogen-bond acceptors (Lipinski definition) is 4. The lowest BCUT2D eigenvalue weighted by atomic mass is 10.3. The van der Waals surface area contributed by atoms with Crippen LogP contribution >= 0.6 is 0 Å². The van der Waals surface area contributed by atoms with Crippen molar-refractivity contribution in [2.75, 3.05) is 0 Å². The molecule has 0 unspecified atom stereocenters. The number of nitrogens with zero attached hydrogens (tertiary/aromatic N) is 3. The molecular formula is C12H8N4O4. The Morgan fingerprint density at radius 1 is 1.30 bits per heavy atom. The number of carboxylic acid groups (broad SMARTS) is 1. The van der Waals surface area contributed by atoms with Gasteiger partial charge in [-0.15, -0.1) is 0 Å². The Hall–Kier alpha value is -3.16. The monoisotopic (exact) mass is 272 g/mol. The average Bonchev–Trinajstić information content (AvgIpc) is 2.85. The zero-order chi connectivity index (χ0) is 14.3. The summed E-state index contributed by atoms with van der Waals surface area (Å²) in [6.45, 7) is 0. The maximum absolute atomic E-state index is 11.8. The van der Waals surface area contributed by atoms with Crippen molar-refractivity contribution in [1.82, 2.24) is 18.9 Å². The van der Waals surface area contributed by atoms with Crippen LogP contribution in [0.25, 0.3) is 11.3 Å². The van der Waals surface area contributed by atoms with E-state index in [4.69, 9.17) is 5.11 Å². The van der Waals surface area contributed by atoms with Gasteiger partial charge in [0.1, 0.15) is 11.2 Å². The van der Waals surface area contributed by atoms with Gasteiger partial charge in [-0.1, -0.05) is 0 Å². The molecule has 8 heteroatoms. The Balaban J connectivity index is 2.27. The third-order valence-corrected chi connectivity index (χ3v) is 2.83. The van der Waals surface area contributed by atoms with E-state index in [1.807, 2.05) is 4.98 Å². The van der Waals surface area contributed by atoms with Crippen molar-refractivity contribution in [2.45, 2.75) is 0 Å². The standard InChI is InChI=1S/C12H8N4O4/c17-10-8(11(18)19)6-16(12(20)14-10)7-1-3-15-4-2-13-9(15)5-7/h1-6H,(H,18,19)(H,14,17,20). The second-order valence-electron chi connectivity index (χ2n) is 4.05. The summed E-state index contributed by atoms with van der Waals surface area (Å²) in [7, 11) is 0. The number of rotatable bonds is 2. The van der Waals surface area contributed by atoms with Gasteiger partial charge in [0.15, 0.2) is 0 Å². The summed E-state index contributed by atoms with van der Waals surface area (Å²) in [5.74, 6) is -1.40. The Morgan fingerprint density at radius 3 is 2.85 bits per heavy atom. The summed E-state index contributed by atoms with van der Waals surface area (Å²) < 4.78 is 2.79. The summed E-state index contributed by atoms with van der Waals surface area (Å²) in [5.41, 5.74) is -1.14. The molecule has 0 saturated carbocycles. The molecule has 0 aliphatic heterocycles. The van der Waals surface area contributed by atoms with Crippen LogP contribution in [-0.2, 0) is 0 Å². The zero-order valence-corrected chi connectivity index (χ0v) is 9.98. The molecule has 3 aromatic heterocycles. The first kappa shape index (κ1) is 11.9. The largest absolute Gasteiger partial charge is 0.477 e. The van der Waals surface area contributed by atoms with Crippen molar-refractivity contribution in [3.63, 3.8) is 0 Å². The predicted molar refractivity (Wildman–Crippen MR) is 68.4 cm³/mol. The molecule has 0 radical (unpaired) electrons. The Kier molecular flexibility index (Phi) is 2.50. The molecule has 0 fully saturated rings. The topological polar surface area (TPSA) is 109 Å². The van der Waals surface area contributed by atoms with Crippen LogP contribution in [0.2, 0.25) is 0 Å². The van der Waals surface area contributed by atoms with Gasteiger partial charge in [0.2, 0.25) is 0 Å². The molecule has 0 spiro atoms. The molecular weight excluding hydrogens is 264 g/mol. The molecule has 8 nitrogen and oxygen atoms in total. The lowest BCUT2D eigenvalue weighted by molar-refractivity contribution is 0.0694. The van der Waals surface area contributed by atoms with Crippen LogP contribution in [0.5, 0.6) is 0 Å². The fraction of sp³-hybridized carbons (Fsp3) is 0. The van der Waals surface area contributed by atoms with Crippen LogP contribution in [-0.4, -0.2) is 30.0 Å². The molecule has 0 aliphatic rings. The molecule has 0 amide bonds. The maximum atomic E-state index is 11.8. The number of aromatic amines is 1. The van der Waals surface area contributed by atoms with E-state index < -0.39 is 22.8 Å². The van der Waals surface area contributed by atoms with Crippen LogP contribution in [0.4, 0.5) is 0 Å². The average molecular weight is 272 g/mol. The maximum Gasteiger partial charge on any atom is 0.342 e. The van der Waals surface area contributed by atoms with Gasteiger partial charge in [0.05, 0.1) is 5.69 Å². The zero-order valence-electron chi connectivity index (χ0n) is 9.98. The van der Waals surface area contributed by atoms with Crippen LogP contribution in [0.15, 0.2) is 46.5 Å². The second kappa shape index (κ2) is 4.19. The number of pyridine rings is 1. The van der Waals surface area contributed by atoms with Gasteiger partial charge in [0.25, 0.3) is 5.56 Å². The van der Waals surface area contributed by atoms with Gasteiger partial charge < -0.3 is 9.51 Å². The SMILES string of the molecule is O=C(O)c1cn(-c2ccn3ccnc3c2)c(=O)[nH]c1=O. The van der Waals surface area contributed by atoms with Gasteiger partial charge in [-0.05, 0) is 6.07 Å². The fourth-order valence-electron chi connectivity index (χ4n) is 1.86. The highest BCUT2D eigenvalue weighted by molar-refractivity contribution is 5.86. The number of fused-ring (bicyclic) bond motifs is 1. The molecule has 20 heavy (non-hydrogen) atoms. The summed E-state index contributed by atoms with van der Waals surface area (Å²) in [5, 5.41) is 8.91. The smallest absolute Gasteiger partial charge is 0.342 e. The van der Waals surface area contributed by atoms with E-state index in [2.05, 4.69) is 4.98 Å². The third kappa shape index (κ3) is 1.79. The second-order valence-corrected chi connectivity index (χ2v) is 4.05. The van der Waals surface area contributed by atoms with Crippen LogP contribution in [0, 0.1) is 0 Å². The number of imidazole rings is 1. The van der Waals surface area contributed by atoms with Crippen molar-refractivity contribution in [3.8, 4) is 5.69 Å². The van der Waals surface area contributed by atoms with E-state index >= 15 is 0 Å². The summed E-state index contributed by atoms with van der Waals surface area (Å²) in [6.07, 6.45) is 6.00. The first-order valence-corrected chi connectivity index (χ1v) is 5.58. The molecule has 3 aromatic rings. The first-order valence-electron chi connectivity index (χ1n) is 5.58. The third-order valence-electron chi connectivity index (χ3n) is 2.83. The minimum atomic E-state index is -1.40. The van der Waals surface area contributed by atoms with Crippen LogP contribution in [0.3, 0.4) is 0 Å². The molecule has 3 heterocycles. The molecule has 100 valence electrons. The van der Waals surface area contributed by atoms with E-state index in [9.17, 15) is 14.4 Å². The molecule has 0 bridgehead atoms.